The number of nitriles is 1. The van der Waals surface area contributed by atoms with E-state index >= 15 is 0 Å². The van der Waals surface area contributed by atoms with Crippen LogP contribution in [0, 0.1) is 18.3 Å². The van der Waals surface area contributed by atoms with E-state index in [0.717, 1.165) is 29.5 Å². The average Bonchev–Trinajstić information content (AvgIpc) is 3.38. The minimum atomic E-state index is -3.52. The summed E-state index contributed by atoms with van der Waals surface area (Å²) < 4.78 is 27.2. The molecule has 1 saturated carbocycles. The molecule has 0 atom stereocenters. The first kappa shape index (κ1) is 15.7. The van der Waals surface area contributed by atoms with E-state index in [1.165, 1.54) is 0 Å². The van der Waals surface area contributed by atoms with Crippen LogP contribution in [0.1, 0.15) is 41.0 Å². The molecular formula is C18H18N2O2S. The van der Waals surface area contributed by atoms with Gasteiger partial charge < -0.3 is 0 Å². The van der Waals surface area contributed by atoms with E-state index in [1.54, 1.807) is 30.3 Å². The van der Waals surface area contributed by atoms with E-state index in [2.05, 4.69) is 10.8 Å². The van der Waals surface area contributed by atoms with Crippen LogP contribution in [-0.2, 0) is 16.6 Å². The molecule has 0 bridgehead atoms. The maximum atomic E-state index is 12.3. The van der Waals surface area contributed by atoms with Gasteiger partial charge in [-0.2, -0.15) is 5.26 Å². The molecule has 0 aliphatic heterocycles. The Balaban J connectivity index is 1.76. The summed E-state index contributed by atoms with van der Waals surface area (Å²) in [5.41, 5.74) is 3.63. The molecule has 1 aliphatic rings. The van der Waals surface area contributed by atoms with Gasteiger partial charge >= 0.3 is 0 Å². The molecule has 0 radical (unpaired) electrons. The molecule has 1 N–H and O–H groups in total. The van der Waals surface area contributed by atoms with Crippen LogP contribution in [0.5, 0.6) is 0 Å². The van der Waals surface area contributed by atoms with Gasteiger partial charge in [-0.15, -0.1) is 0 Å². The molecule has 0 saturated heterocycles. The van der Waals surface area contributed by atoms with Crippen LogP contribution < -0.4 is 4.72 Å². The van der Waals surface area contributed by atoms with E-state index in [9.17, 15) is 8.42 Å². The third-order valence-electron chi connectivity index (χ3n) is 4.05. The van der Waals surface area contributed by atoms with Gasteiger partial charge in [0.2, 0.25) is 10.0 Å². The van der Waals surface area contributed by atoms with Crippen molar-refractivity contribution in [3.05, 3.63) is 64.7 Å². The quantitative estimate of drug-likeness (QED) is 0.917. The van der Waals surface area contributed by atoms with Crippen molar-refractivity contribution < 1.29 is 8.42 Å². The van der Waals surface area contributed by atoms with E-state index in [1.807, 2.05) is 19.1 Å². The van der Waals surface area contributed by atoms with E-state index in [4.69, 9.17) is 5.26 Å². The third-order valence-corrected chi connectivity index (χ3v) is 5.47. The topological polar surface area (TPSA) is 70.0 Å². The SMILES string of the molecule is Cc1ccc(S(=O)(=O)NCc2ccc(C#N)c(C3CC3)c2)cc1. The van der Waals surface area contributed by atoms with Gasteiger partial charge in [-0.25, -0.2) is 13.1 Å². The number of nitrogens with one attached hydrogen (secondary N) is 1. The number of benzene rings is 2. The molecule has 2 aromatic carbocycles. The minimum absolute atomic E-state index is 0.224. The fraction of sp³-hybridized carbons (Fsp3) is 0.278. The van der Waals surface area contributed by atoms with Crippen LogP contribution in [0.2, 0.25) is 0 Å². The van der Waals surface area contributed by atoms with Crippen molar-refractivity contribution in [3.63, 3.8) is 0 Å². The standard InChI is InChI=1S/C18H18N2O2S/c1-13-2-8-17(9-3-13)23(21,22)20-12-14-4-5-16(11-19)18(10-14)15-6-7-15/h2-5,8-10,15,20H,6-7,12H2,1H3. The lowest BCUT2D eigenvalue weighted by Crippen LogP contribution is -2.23. The second kappa shape index (κ2) is 6.15. The lowest BCUT2D eigenvalue weighted by Gasteiger charge is -2.09. The van der Waals surface area contributed by atoms with Crippen molar-refractivity contribution in [1.82, 2.24) is 4.72 Å². The summed E-state index contributed by atoms with van der Waals surface area (Å²) in [7, 11) is -3.52. The summed E-state index contributed by atoms with van der Waals surface area (Å²) >= 11 is 0. The predicted molar refractivity (Wildman–Crippen MR) is 88.3 cm³/mol. The number of nitrogens with zero attached hydrogens (tertiary/aromatic N) is 1. The lowest BCUT2D eigenvalue weighted by atomic mass is 10.0. The summed E-state index contributed by atoms with van der Waals surface area (Å²) in [6.07, 6.45) is 2.21. The van der Waals surface area contributed by atoms with E-state index in [-0.39, 0.29) is 11.4 Å². The van der Waals surface area contributed by atoms with Gasteiger partial charge in [0.15, 0.2) is 0 Å². The summed E-state index contributed by atoms with van der Waals surface area (Å²) in [5.74, 6) is 0.457. The van der Waals surface area contributed by atoms with Crippen LogP contribution in [0.4, 0.5) is 0 Å². The zero-order chi connectivity index (χ0) is 16.4. The third kappa shape index (κ3) is 3.61. The van der Waals surface area contributed by atoms with Crippen LogP contribution >= 0.6 is 0 Å². The molecule has 0 spiro atoms. The van der Waals surface area contributed by atoms with Crippen molar-refractivity contribution in [2.75, 3.05) is 0 Å². The summed E-state index contributed by atoms with van der Waals surface area (Å²) in [4.78, 5) is 0.263. The van der Waals surface area contributed by atoms with Gasteiger partial charge in [0.05, 0.1) is 16.5 Å². The first-order valence-corrected chi connectivity index (χ1v) is 9.07. The number of hydrogen-bond acceptors (Lipinski definition) is 3. The Morgan fingerprint density at radius 3 is 2.48 bits per heavy atom. The lowest BCUT2D eigenvalue weighted by molar-refractivity contribution is 0.581. The second-order valence-corrected chi connectivity index (χ2v) is 7.71. The first-order valence-electron chi connectivity index (χ1n) is 7.59. The van der Waals surface area contributed by atoms with Crippen molar-refractivity contribution in [1.29, 1.82) is 5.26 Å². The molecule has 3 rings (SSSR count). The fourth-order valence-corrected chi connectivity index (χ4v) is 3.55. The predicted octanol–water partition coefficient (Wildman–Crippen LogP) is 3.22. The van der Waals surface area contributed by atoms with E-state index in [0.29, 0.717) is 11.5 Å². The molecule has 1 aliphatic carbocycles. The average molecular weight is 326 g/mol. The Labute approximate surface area is 136 Å². The highest BCUT2D eigenvalue weighted by Crippen LogP contribution is 2.41. The van der Waals surface area contributed by atoms with Crippen LogP contribution in [-0.4, -0.2) is 8.42 Å². The van der Waals surface area contributed by atoms with Gasteiger partial charge in [-0.3, -0.25) is 0 Å². The fourth-order valence-electron chi connectivity index (χ4n) is 2.54. The molecule has 0 heterocycles. The Hall–Kier alpha value is -2.16. The van der Waals surface area contributed by atoms with Crippen LogP contribution in [0.3, 0.4) is 0 Å². The Morgan fingerprint density at radius 2 is 1.87 bits per heavy atom. The normalized spacial score (nSPS) is 14.4. The largest absolute Gasteiger partial charge is 0.240 e. The molecule has 2 aromatic rings. The highest BCUT2D eigenvalue weighted by molar-refractivity contribution is 7.89. The summed E-state index contributed by atoms with van der Waals surface area (Å²) in [6, 6.07) is 14.5. The smallest absolute Gasteiger partial charge is 0.207 e. The van der Waals surface area contributed by atoms with Crippen molar-refractivity contribution >= 4 is 10.0 Å². The molecule has 5 heteroatoms. The van der Waals surface area contributed by atoms with Gasteiger partial charge in [0.25, 0.3) is 0 Å². The molecule has 23 heavy (non-hydrogen) atoms. The van der Waals surface area contributed by atoms with Crippen LogP contribution in [0.15, 0.2) is 47.4 Å². The Morgan fingerprint density at radius 1 is 1.17 bits per heavy atom. The van der Waals surface area contributed by atoms with Gasteiger partial charge in [0.1, 0.15) is 0 Å². The zero-order valence-corrected chi connectivity index (χ0v) is 13.7. The molecule has 0 aromatic heterocycles. The van der Waals surface area contributed by atoms with Gasteiger partial charge in [0, 0.05) is 6.54 Å². The maximum absolute atomic E-state index is 12.3. The zero-order valence-electron chi connectivity index (χ0n) is 12.9. The van der Waals surface area contributed by atoms with Crippen molar-refractivity contribution in [2.45, 2.75) is 37.1 Å². The number of rotatable bonds is 5. The van der Waals surface area contributed by atoms with E-state index < -0.39 is 10.0 Å². The molecule has 1 fully saturated rings. The summed E-state index contributed by atoms with van der Waals surface area (Å²) in [5, 5.41) is 9.15. The molecule has 0 unspecified atom stereocenters. The minimum Gasteiger partial charge on any atom is -0.207 e. The molecule has 4 nitrogen and oxygen atoms in total. The van der Waals surface area contributed by atoms with Gasteiger partial charge in [-0.1, -0.05) is 29.8 Å². The molecule has 118 valence electrons. The number of aryl methyl sites for hydroxylation is 1. The Kier molecular flexibility index (Phi) is 4.20. The second-order valence-electron chi connectivity index (χ2n) is 5.95. The number of sulfonamides is 1. The molecule has 0 amide bonds. The number of hydrogen-bond donors (Lipinski definition) is 1. The highest BCUT2D eigenvalue weighted by Gasteiger charge is 2.26. The maximum Gasteiger partial charge on any atom is 0.240 e. The first-order chi connectivity index (χ1) is 11.0. The highest BCUT2D eigenvalue weighted by atomic mass is 32.2. The Bertz CT molecular complexity index is 861. The van der Waals surface area contributed by atoms with Crippen molar-refractivity contribution in [3.8, 4) is 6.07 Å². The van der Waals surface area contributed by atoms with Crippen molar-refractivity contribution in [2.24, 2.45) is 0 Å². The summed E-state index contributed by atoms with van der Waals surface area (Å²) in [6.45, 7) is 2.14. The van der Waals surface area contributed by atoms with Crippen LogP contribution in [0.25, 0.3) is 0 Å². The monoisotopic (exact) mass is 326 g/mol. The van der Waals surface area contributed by atoms with Gasteiger partial charge in [-0.05, 0) is 55.0 Å². The molecular weight excluding hydrogens is 308 g/mol.